The number of aromatic amines is 1. The number of aliphatic hydroxyl groups is 10. The first-order valence-electron chi connectivity index (χ1n) is 19.3. The highest BCUT2D eigenvalue weighted by Gasteiger charge is 2.38. The third kappa shape index (κ3) is 9.40. The summed E-state index contributed by atoms with van der Waals surface area (Å²) in [6, 6.07) is 6.65. The van der Waals surface area contributed by atoms with Crippen LogP contribution < -0.4 is 15.2 Å². The minimum absolute atomic E-state index is 0.0833. The molecular weight excluding hydrogens is 762 g/mol. The lowest BCUT2D eigenvalue weighted by Crippen LogP contribution is -2.56. The van der Waals surface area contributed by atoms with E-state index in [2.05, 4.69) is 15.0 Å². The van der Waals surface area contributed by atoms with E-state index in [1.165, 1.54) is 9.80 Å². The van der Waals surface area contributed by atoms with Crippen LogP contribution in [0.3, 0.4) is 0 Å². The van der Waals surface area contributed by atoms with E-state index in [0.717, 1.165) is 16.9 Å². The second-order valence-electron chi connectivity index (χ2n) is 14.6. The highest BCUT2D eigenvalue weighted by Crippen LogP contribution is 2.26. The molecule has 320 valence electrons. The van der Waals surface area contributed by atoms with Crippen molar-refractivity contribution in [1.82, 2.24) is 29.3 Å². The number of nitrogens with one attached hydrogen (secondary N) is 1. The fraction of sp³-hybridized carbons (Fsp3) is 0.595. The number of aromatic nitrogens is 5. The van der Waals surface area contributed by atoms with Crippen molar-refractivity contribution >= 4 is 46.2 Å². The van der Waals surface area contributed by atoms with Crippen LogP contribution in [0.2, 0.25) is 0 Å². The number of piperidine rings is 1. The Hall–Kier alpha value is -4.39. The SMILES string of the molecule is CCn1c(CN(C=O)c2nc3cc[nH]c3nc2N)[n+](CC)c2ccc(C(=O)N3CCC(N(C[C@H](O)[C@@H](O)[C@H](O)[C@H](O)CO)C[C@H](O)[C@@H](O)[C@H](O)[C@H](O)CO)CC3)cc21. The maximum atomic E-state index is 14.0. The third-order valence-corrected chi connectivity index (χ3v) is 10.9. The predicted octanol–water partition coefficient (Wildman–Crippen LogP) is -4.24. The maximum Gasteiger partial charge on any atom is 0.277 e. The highest BCUT2D eigenvalue weighted by atomic mass is 16.4. The van der Waals surface area contributed by atoms with Crippen molar-refractivity contribution in [3.63, 3.8) is 0 Å². The lowest BCUT2D eigenvalue weighted by molar-refractivity contribution is -0.676. The second-order valence-corrected chi connectivity index (χ2v) is 14.6. The number of hydrogen-bond acceptors (Lipinski definition) is 16. The quantitative estimate of drug-likeness (QED) is 0.0297. The zero-order chi connectivity index (χ0) is 42.4. The number of fused-ring (bicyclic) bond motifs is 2. The number of aliphatic hydroxyl groups excluding tert-OH is 10. The number of aryl methyl sites for hydroxylation is 2. The molecule has 1 aliphatic rings. The summed E-state index contributed by atoms with van der Waals surface area (Å²) in [7, 11) is 0. The number of imidazole rings is 1. The van der Waals surface area contributed by atoms with E-state index in [4.69, 9.17) is 5.73 Å². The summed E-state index contributed by atoms with van der Waals surface area (Å²) >= 11 is 0. The first kappa shape index (κ1) is 44.7. The molecule has 1 aromatic carbocycles. The van der Waals surface area contributed by atoms with Crippen molar-refractivity contribution in [2.45, 2.75) is 101 Å². The summed E-state index contributed by atoms with van der Waals surface area (Å²) in [5.41, 5.74) is 9.27. The van der Waals surface area contributed by atoms with Gasteiger partial charge in [0.05, 0.1) is 38.5 Å². The van der Waals surface area contributed by atoms with Gasteiger partial charge in [0.2, 0.25) is 6.41 Å². The van der Waals surface area contributed by atoms with Crippen molar-refractivity contribution in [1.29, 1.82) is 0 Å². The standard InChI is InChI=1S/C37H56N9O12/c1-3-45-23-6-5-20(13-24(23)46(4-2)29(45)16-44(19-49)36-34(38)41-35-22(40-36)7-10-39-35)37(58)42-11-8-21(9-12-42)43(14-25(50)30(54)32(56)27(52)17-47)15-26(51)31(55)33(57)28(53)18-48/h5-7,10,13,19,21,25-28,30-33,47-48,50-57H,3-4,8-9,11-12,14-18H2,1-2H3,(H3,38,39,41)/q+1/t25-,26-,27+,28+,30+,31+,32+,33+/m0/s1. The van der Waals surface area contributed by atoms with Crippen LogP contribution in [0, 0.1) is 0 Å². The molecule has 1 fully saturated rings. The lowest BCUT2D eigenvalue weighted by Gasteiger charge is -2.41. The van der Waals surface area contributed by atoms with Gasteiger partial charge < -0.3 is 66.7 Å². The van der Waals surface area contributed by atoms with Gasteiger partial charge in [0.25, 0.3) is 11.7 Å². The molecule has 0 saturated carbocycles. The minimum Gasteiger partial charge on any atom is -0.394 e. The maximum absolute atomic E-state index is 14.0. The van der Waals surface area contributed by atoms with Crippen LogP contribution in [0.5, 0.6) is 0 Å². The van der Waals surface area contributed by atoms with Gasteiger partial charge in [-0.3, -0.25) is 19.4 Å². The molecule has 21 heteroatoms. The van der Waals surface area contributed by atoms with Gasteiger partial charge >= 0.3 is 0 Å². The summed E-state index contributed by atoms with van der Waals surface area (Å²) < 4.78 is 4.06. The van der Waals surface area contributed by atoms with E-state index < -0.39 is 81.2 Å². The number of amides is 2. The first-order valence-corrected chi connectivity index (χ1v) is 19.3. The molecular formula is C37H56N9O12+. The van der Waals surface area contributed by atoms with Crippen molar-refractivity contribution in [3.8, 4) is 0 Å². The van der Waals surface area contributed by atoms with E-state index in [9.17, 15) is 60.7 Å². The smallest absolute Gasteiger partial charge is 0.277 e. The van der Waals surface area contributed by atoms with Gasteiger partial charge in [-0.25, -0.2) is 19.1 Å². The van der Waals surface area contributed by atoms with Gasteiger partial charge in [-0.15, -0.1) is 0 Å². The van der Waals surface area contributed by atoms with Crippen molar-refractivity contribution in [3.05, 3.63) is 41.9 Å². The number of H-pyrrole nitrogens is 1. The normalized spacial score (nSPS) is 18.3. The first-order chi connectivity index (χ1) is 27.7. The Balaban J connectivity index is 1.34. The molecule has 4 aromatic rings. The van der Waals surface area contributed by atoms with Crippen LogP contribution in [-0.2, 0) is 24.4 Å². The molecule has 0 aliphatic carbocycles. The fourth-order valence-electron chi connectivity index (χ4n) is 7.61. The van der Waals surface area contributed by atoms with Crippen LogP contribution in [0.1, 0.15) is 42.9 Å². The lowest BCUT2D eigenvalue weighted by atomic mass is 9.97. The Kier molecular flexibility index (Phi) is 15.1. The zero-order valence-electron chi connectivity index (χ0n) is 32.4. The van der Waals surface area contributed by atoms with Crippen molar-refractivity contribution in [2.75, 3.05) is 50.0 Å². The van der Waals surface area contributed by atoms with Crippen LogP contribution >= 0.6 is 0 Å². The predicted molar refractivity (Wildman–Crippen MR) is 207 cm³/mol. The number of nitrogens with zero attached hydrogens (tertiary/aromatic N) is 7. The largest absolute Gasteiger partial charge is 0.394 e. The van der Waals surface area contributed by atoms with Gasteiger partial charge in [-0.2, -0.15) is 0 Å². The molecule has 1 saturated heterocycles. The summed E-state index contributed by atoms with van der Waals surface area (Å²) in [6.45, 7) is 2.99. The average molecular weight is 819 g/mol. The summed E-state index contributed by atoms with van der Waals surface area (Å²) in [4.78, 5) is 42.8. The van der Waals surface area contributed by atoms with Gasteiger partial charge in [0.1, 0.15) is 48.7 Å². The summed E-state index contributed by atoms with van der Waals surface area (Å²) in [5, 5.41) is 101. The number of likely N-dealkylation sites (tertiary alicyclic amines) is 1. The Bertz CT molecular complexity index is 1960. The van der Waals surface area contributed by atoms with Crippen LogP contribution in [0.4, 0.5) is 11.6 Å². The molecule has 3 aromatic heterocycles. The van der Waals surface area contributed by atoms with Gasteiger partial charge in [-0.1, -0.05) is 0 Å². The van der Waals surface area contributed by atoms with Gasteiger partial charge in [-0.05, 0) is 44.9 Å². The molecule has 5 rings (SSSR count). The molecule has 0 bridgehead atoms. The molecule has 58 heavy (non-hydrogen) atoms. The second kappa shape index (κ2) is 19.6. The topological polar surface area (TPSA) is 323 Å². The number of nitrogen functional groups attached to an aromatic ring is 1. The van der Waals surface area contributed by atoms with Gasteiger partial charge in [0.15, 0.2) is 28.3 Å². The van der Waals surface area contributed by atoms with E-state index in [-0.39, 0.29) is 37.2 Å². The number of nitrogens with two attached hydrogens (primary N) is 1. The van der Waals surface area contributed by atoms with Crippen molar-refractivity contribution in [2.24, 2.45) is 0 Å². The minimum atomic E-state index is -1.92. The Morgan fingerprint density at radius 2 is 1.50 bits per heavy atom. The van der Waals surface area contributed by atoms with Gasteiger partial charge in [0, 0.05) is 50.0 Å². The third-order valence-electron chi connectivity index (χ3n) is 10.9. The summed E-state index contributed by atoms with van der Waals surface area (Å²) in [5.74, 6) is 0.804. The summed E-state index contributed by atoms with van der Waals surface area (Å²) in [6.07, 6.45) is -11.6. The molecule has 0 unspecified atom stereocenters. The molecule has 2 amide bonds. The fourth-order valence-corrected chi connectivity index (χ4v) is 7.61. The van der Waals surface area contributed by atoms with Crippen LogP contribution in [0.25, 0.3) is 22.2 Å². The Morgan fingerprint density at radius 1 is 0.914 bits per heavy atom. The number of anilines is 2. The number of hydrogen-bond donors (Lipinski definition) is 12. The number of carbonyl (C=O) groups excluding carboxylic acids is 2. The Morgan fingerprint density at radius 3 is 2.03 bits per heavy atom. The average Bonchev–Trinajstić information content (AvgIpc) is 3.83. The molecule has 0 spiro atoms. The molecule has 4 heterocycles. The Labute approximate surface area is 333 Å². The molecule has 0 radical (unpaired) electrons. The zero-order valence-corrected chi connectivity index (χ0v) is 32.4. The van der Waals surface area contributed by atoms with Crippen molar-refractivity contribution < 1.29 is 65.2 Å². The highest BCUT2D eigenvalue weighted by molar-refractivity contribution is 5.97. The van der Waals surface area contributed by atoms with E-state index >= 15 is 0 Å². The molecule has 1 aliphatic heterocycles. The molecule has 13 N–H and O–H groups in total. The number of benzene rings is 1. The monoisotopic (exact) mass is 818 g/mol. The number of carbonyl (C=O) groups is 2. The molecule has 21 nitrogen and oxygen atoms in total. The van der Waals surface area contributed by atoms with Crippen LogP contribution in [0.15, 0.2) is 30.5 Å². The molecule has 8 atom stereocenters. The van der Waals surface area contributed by atoms with E-state index in [1.807, 2.05) is 29.0 Å². The number of rotatable bonds is 20. The van der Waals surface area contributed by atoms with E-state index in [1.54, 1.807) is 29.3 Å². The van der Waals surface area contributed by atoms with E-state index in [0.29, 0.717) is 49.1 Å². The van der Waals surface area contributed by atoms with Crippen LogP contribution in [-0.4, -0.2) is 187 Å².